The van der Waals surface area contributed by atoms with E-state index in [1.165, 1.54) is 0 Å². The van der Waals surface area contributed by atoms with Crippen LogP contribution in [-0.2, 0) is 6.54 Å². The third-order valence-corrected chi connectivity index (χ3v) is 2.96. The Morgan fingerprint density at radius 2 is 1.71 bits per heavy atom. The van der Waals surface area contributed by atoms with Crippen molar-refractivity contribution in [1.29, 1.82) is 0 Å². The lowest BCUT2D eigenvalue weighted by Crippen LogP contribution is -2.35. The number of rotatable bonds is 3. The van der Waals surface area contributed by atoms with Crippen LogP contribution in [0.5, 0.6) is 0 Å². The van der Waals surface area contributed by atoms with E-state index in [1.807, 2.05) is 42.5 Å². The molecule has 21 heavy (non-hydrogen) atoms. The highest BCUT2D eigenvalue weighted by Crippen LogP contribution is 2.08. The number of benzene rings is 2. The van der Waals surface area contributed by atoms with Crippen LogP contribution in [0.15, 0.2) is 54.6 Å². The maximum atomic E-state index is 11.6. The first-order valence-corrected chi connectivity index (χ1v) is 6.92. The molecule has 0 heterocycles. The zero-order valence-corrected chi connectivity index (χ0v) is 12.2. The molecule has 0 atom stereocenters. The summed E-state index contributed by atoms with van der Waals surface area (Å²) in [5, 5.41) is 6.12. The molecular formula is C17H15ClN2O. The van der Waals surface area contributed by atoms with Gasteiger partial charge in [-0.25, -0.2) is 4.79 Å². The molecule has 4 heteroatoms. The molecule has 0 aliphatic carbocycles. The van der Waals surface area contributed by atoms with Crippen molar-refractivity contribution in [3.8, 4) is 11.8 Å². The number of nitrogens with one attached hydrogen (secondary N) is 2. The summed E-state index contributed by atoms with van der Waals surface area (Å²) in [7, 11) is 0. The lowest BCUT2D eigenvalue weighted by molar-refractivity contribution is 0.241. The molecule has 2 rings (SSSR count). The van der Waals surface area contributed by atoms with Gasteiger partial charge in [0, 0.05) is 17.1 Å². The lowest BCUT2D eigenvalue weighted by Gasteiger charge is -2.05. The van der Waals surface area contributed by atoms with Gasteiger partial charge in [0.25, 0.3) is 0 Å². The molecule has 2 amide bonds. The topological polar surface area (TPSA) is 41.1 Å². The summed E-state index contributed by atoms with van der Waals surface area (Å²) in [6.45, 7) is 0.760. The average molecular weight is 299 g/mol. The van der Waals surface area contributed by atoms with E-state index >= 15 is 0 Å². The van der Waals surface area contributed by atoms with Crippen LogP contribution in [-0.4, -0.2) is 12.6 Å². The lowest BCUT2D eigenvalue weighted by atomic mass is 10.2. The Balaban J connectivity index is 1.71. The van der Waals surface area contributed by atoms with Crippen molar-refractivity contribution in [2.45, 2.75) is 6.54 Å². The molecule has 0 aliphatic rings. The second kappa shape index (κ2) is 7.98. The standard InChI is InChI=1S/C17H15ClN2O/c18-16-10-8-15(9-11-16)13-20-17(21)19-12-4-7-14-5-2-1-3-6-14/h1-3,5-6,8-11H,12-13H2,(H2,19,20,21). The van der Waals surface area contributed by atoms with Crippen molar-refractivity contribution in [1.82, 2.24) is 10.6 Å². The summed E-state index contributed by atoms with van der Waals surface area (Å²) in [5.41, 5.74) is 1.92. The highest BCUT2D eigenvalue weighted by molar-refractivity contribution is 6.30. The molecule has 2 N–H and O–H groups in total. The van der Waals surface area contributed by atoms with Crippen LogP contribution >= 0.6 is 11.6 Å². The van der Waals surface area contributed by atoms with Gasteiger partial charge in [-0.3, -0.25) is 0 Å². The van der Waals surface area contributed by atoms with Crippen molar-refractivity contribution in [2.75, 3.05) is 6.54 Å². The van der Waals surface area contributed by atoms with Crippen molar-refractivity contribution < 1.29 is 4.79 Å². The molecule has 0 aliphatic heterocycles. The van der Waals surface area contributed by atoms with E-state index in [0.717, 1.165) is 11.1 Å². The third-order valence-electron chi connectivity index (χ3n) is 2.71. The predicted octanol–water partition coefficient (Wildman–Crippen LogP) is 3.19. The van der Waals surface area contributed by atoms with Crippen LogP contribution in [0.25, 0.3) is 0 Å². The number of urea groups is 1. The van der Waals surface area contributed by atoms with Gasteiger partial charge < -0.3 is 10.6 Å². The normalized spacial score (nSPS) is 9.38. The van der Waals surface area contributed by atoms with Crippen molar-refractivity contribution in [3.63, 3.8) is 0 Å². The SMILES string of the molecule is O=C(NCC#Cc1ccccc1)NCc1ccc(Cl)cc1. The van der Waals surface area contributed by atoms with Crippen LogP contribution in [0.1, 0.15) is 11.1 Å². The summed E-state index contributed by atoms with van der Waals surface area (Å²) < 4.78 is 0. The fourth-order valence-corrected chi connectivity index (χ4v) is 1.77. The van der Waals surface area contributed by atoms with E-state index in [9.17, 15) is 4.79 Å². The maximum Gasteiger partial charge on any atom is 0.315 e. The van der Waals surface area contributed by atoms with Gasteiger partial charge in [0.1, 0.15) is 0 Å². The van der Waals surface area contributed by atoms with Crippen LogP contribution in [0.2, 0.25) is 5.02 Å². The first-order chi connectivity index (χ1) is 10.2. The molecule has 0 aromatic heterocycles. The average Bonchev–Trinajstić information content (AvgIpc) is 2.52. The number of hydrogen-bond acceptors (Lipinski definition) is 1. The molecule has 0 saturated heterocycles. The van der Waals surface area contributed by atoms with Gasteiger partial charge in [-0.05, 0) is 29.8 Å². The van der Waals surface area contributed by atoms with Crippen LogP contribution in [0, 0.1) is 11.8 Å². The minimum Gasteiger partial charge on any atom is -0.334 e. The molecule has 0 radical (unpaired) electrons. The molecule has 2 aromatic carbocycles. The number of halogens is 1. The third kappa shape index (κ3) is 5.60. The first kappa shape index (κ1) is 15.0. The molecule has 2 aromatic rings. The quantitative estimate of drug-likeness (QED) is 0.840. The molecule has 3 nitrogen and oxygen atoms in total. The van der Waals surface area contributed by atoms with Gasteiger partial charge in [-0.2, -0.15) is 0 Å². The van der Waals surface area contributed by atoms with Gasteiger partial charge >= 0.3 is 6.03 Å². The Kier molecular flexibility index (Phi) is 5.69. The minimum absolute atomic E-state index is 0.243. The zero-order chi connectivity index (χ0) is 14.9. The smallest absolute Gasteiger partial charge is 0.315 e. The van der Waals surface area contributed by atoms with Gasteiger partial charge in [0.2, 0.25) is 0 Å². The molecule has 0 saturated carbocycles. The summed E-state index contributed by atoms with van der Waals surface area (Å²) in [6.07, 6.45) is 0. The van der Waals surface area contributed by atoms with Crippen molar-refractivity contribution in [3.05, 3.63) is 70.7 Å². The Labute approximate surface area is 129 Å². The minimum atomic E-state index is -0.243. The second-order valence-corrected chi connectivity index (χ2v) is 4.77. The summed E-state index contributed by atoms with van der Waals surface area (Å²) >= 11 is 5.79. The number of hydrogen-bond donors (Lipinski definition) is 2. The van der Waals surface area contributed by atoms with Gasteiger partial charge in [0.05, 0.1) is 6.54 Å². The number of carbonyl (C=O) groups is 1. The fourth-order valence-electron chi connectivity index (χ4n) is 1.64. The molecule has 0 spiro atoms. The van der Waals surface area contributed by atoms with Gasteiger partial charge in [0.15, 0.2) is 0 Å². The van der Waals surface area contributed by atoms with Crippen LogP contribution < -0.4 is 10.6 Å². The Bertz CT molecular complexity index is 642. The Morgan fingerprint density at radius 3 is 2.43 bits per heavy atom. The largest absolute Gasteiger partial charge is 0.334 e. The van der Waals surface area contributed by atoms with Gasteiger partial charge in [-0.15, -0.1) is 0 Å². The van der Waals surface area contributed by atoms with Crippen molar-refractivity contribution >= 4 is 17.6 Å². The summed E-state index contributed by atoms with van der Waals surface area (Å²) in [6, 6.07) is 16.7. The van der Waals surface area contributed by atoms with Crippen molar-refractivity contribution in [2.24, 2.45) is 0 Å². The molecular weight excluding hydrogens is 284 g/mol. The summed E-state index contributed by atoms with van der Waals surface area (Å²) in [5.74, 6) is 5.87. The first-order valence-electron chi connectivity index (χ1n) is 6.54. The molecule has 106 valence electrons. The van der Waals surface area contributed by atoms with E-state index in [1.54, 1.807) is 12.1 Å². The highest BCUT2D eigenvalue weighted by Gasteiger charge is 1.98. The number of amides is 2. The van der Waals surface area contributed by atoms with E-state index in [2.05, 4.69) is 22.5 Å². The number of carbonyl (C=O) groups excluding carboxylic acids is 1. The highest BCUT2D eigenvalue weighted by atomic mass is 35.5. The molecule has 0 fully saturated rings. The molecule has 0 unspecified atom stereocenters. The predicted molar refractivity (Wildman–Crippen MR) is 85.0 cm³/mol. The second-order valence-electron chi connectivity index (χ2n) is 4.33. The fraction of sp³-hybridized carbons (Fsp3) is 0.118. The maximum absolute atomic E-state index is 11.6. The van der Waals surface area contributed by atoms with Gasteiger partial charge in [-0.1, -0.05) is 53.8 Å². The Hall–Kier alpha value is -2.44. The van der Waals surface area contributed by atoms with E-state index in [0.29, 0.717) is 18.1 Å². The monoisotopic (exact) mass is 298 g/mol. The van der Waals surface area contributed by atoms with Crippen LogP contribution in [0.4, 0.5) is 4.79 Å². The van der Waals surface area contributed by atoms with Crippen LogP contribution in [0.3, 0.4) is 0 Å². The molecule has 0 bridgehead atoms. The van der Waals surface area contributed by atoms with E-state index < -0.39 is 0 Å². The summed E-state index contributed by atoms with van der Waals surface area (Å²) in [4.78, 5) is 11.6. The zero-order valence-electron chi connectivity index (χ0n) is 11.4. The van der Waals surface area contributed by atoms with E-state index in [4.69, 9.17) is 11.6 Å². The Morgan fingerprint density at radius 1 is 1.00 bits per heavy atom. The van der Waals surface area contributed by atoms with E-state index in [-0.39, 0.29) is 6.03 Å².